The highest BCUT2D eigenvalue weighted by Gasteiger charge is 2.35. The van der Waals surface area contributed by atoms with E-state index in [4.69, 9.17) is 0 Å². The van der Waals surface area contributed by atoms with E-state index < -0.39 is 11.7 Å². The Kier molecular flexibility index (Phi) is 4.73. The summed E-state index contributed by atoms with van der Waals surface area (Å²) >= 11 is 0. The monoisotopic (exact) mass is 437 g/mol. The minimum absolute atomic E-state index is 0.00277. The zero-order chi connectivity index (χ0) is 22.5. The molecule has 0 radical (unpaired) electrons. The summed E-state index contributed by atoms with van der Waals surface area (Å²) in [6, 6.07) is 12.8. The fraction of sp³-hybridized carbons (Fsp3) is 0.208. The van der Waals surface area contributed by atoms with Gasteiger partial charge in [-0.05, 0) is 46.7 Å². The highest BCUT2D eigenvalue weighted by Crippen LogP contribution is 2.34. The lowest BCUT2D eigenvalue weighted by atomic mass is 9.95. The number of nitrogens with one attached hydrogen (secondary N) is 1. The van der Waals surface area contributed by atoms with Crippen molar-refractivity contribution >= 4 is 27.5 Å². The fourth-order valence-electron chi connectivity index (χ4n) is 4.20. The predicted molar refractivity (Wildman–Crippen MR) is 115 cm³/mol. The Bertz CT molecular complexity index is 1420. The summed E-state index contributed by atoms with van der Waals surface area (Å²) in [5, 5.41) is 8.44. The third-order valence-electron chi connectivity index (χ3n) is 5.95. The van der Waals surface area contributed by atoms with Crippen LogP contribution in [0.4, 0.5) is 13.2 Å². The predicted octanol–water partition coefficient (Wildman–Crippen LogP) is 4.75. The van der Waals surface area contributed by atoms with Crippen molar-refractivity contribution in [2.75, 3.05) is 13.1 Å². The van der Waals surface area contributed by atoms with Gasteiger partial charge >= 0.3 is 0 Å². The largest absolute Gasteiger partial charge is 0.338 e. The number of H-pyrrole nitrogens is 1. The lowest BCUT2D eigenvalue weighted by Gasteiger charge is -2.31. The summed E-state index contributed by atoms with van der Waals surface area (Å²) in [7, 11) is 0. The van der Waals surface area contributed by atoms with Gasteiger partial charge in [-0.25, -0.2) is 18.3 Å². The number of piperidine rings is 1. The molecule has 1 aromatic heterocycles. The van der Waals surface area contributed by atoms with Crippen molar-refractivity contribution in [3.63, 3.8) is 0 Å². The van der Waals surface area contributed by atoms with Crippen molar-refractivity contribution in [3.8, 4) is 11.1 Å². The number of rotatable bonds is 2. The molecule has 0 atom stereocenters. The Morgan fingerprint density at radius 1 is 0.969 bits per heavy atom. The van der Waals surface area contributed by atoms with Gasteiger partial charge in [-0.15, -0.1) is 0 Å². The van der Waals surface area contributed by atoms with E-state index in [2.05, 4.69) is 10.2 Å². The summed E-state index contributed by atoms with van der Waals surface area (Å²) in [5.74, 6) is -3.48. The number of likely N-dealkylation sites (tertiary alicyclic amines) is 1. The fourth-order valence-corrected chi connectivity index (χ4v) is 4.20. The van der Waals surface area contributed by atoms with Crippen molar-refractivity contribution in [1.29, 1.82) is 0 Å². The molecule has 0 bridgehead atoms. The number of amides is 1. The average Bonchev–Trinajstić information content (AvgIpc) is 2.78. The molecule has 0 spiro atoms. The van der Waals surface area contributed by atoms with E-state index in [1.165, 1.54) is 17.2 Å². The molecule has 32 heavy (non-hydrogen) atoms. The second-order valence-electron chi connectivity index (χ2n) is 8.01. The number of aromatic amines is 1. The van der Waals surface area contributed by atoms with Crippen molar-refractivity contribution < 1.29 is 18.0 Å². The molecular formula is C24H18F3N3O2. The Balaban J connectivity index is 1.55. The lowest BCUT2D eigenvalue weighted by molar-refractivity contribution is -0.0494. The molecular weight excluding hydrogens is 419 g/mol. The molecule has 0 aliphatic carbocycles. The quantitative estimate of drug-likeness (QED) is 0.492. The number of hydrogen-bond donors (Lipinski definition) is 1. The maximum absolute atomic E-state index is 14.9. The molecule has 2 heterocycles. The van der Waals surface area contributed by atoms with Crippen molar-refractivity contribution in [1.82, 2.24) is 15.1 Å². The molecule has 5 rings (SSSR count). The third-order valence-corrected chi connectivity index (χ3v) is 5.95. The standard InChI is InChI=1S/C24H18F3N3O2/c25-20-6-3-14-11-16(23(32)30-9-7-24(26,27)8-10-30)2-4-18(14)21(20)15-1-5-19-17(12-15)13-28-29-22(19)31/h1-6,11-13H,7-10H2,(H,29,31). The molecule has 1 aliphatic rings. The third kappa shape index (κ3) is 3.51. The first-order valence-corrected chi connectivity index (χ1v) is 10.2. The summed E-state index contributed by atoms with van der Waals surface area (Å²) in [6.07, 6.45) is 0.810. The van der Waals surface area contributed by atoms with Crippen LogP contribution in [0.25, 0.3) is 32.7 Å². The van der Waals surface area contributed by atoms with Gasteiger partial charge in [0, 0.05) is 42.4 Å². The van der Waals surface area contributed by atoms with E-state index in [-0.39, 0.29) is 37.4 Å². The van der Waals surface area contributed by atoms with Gasteiger partial charge in [0.25, 0.3) is 17.4 Å². The molecule has 1 amide bonds. The second-order valence-corrected chi connectivity index (χ2v) is 8.01. The first kappa shape index (κ1) is 20.2. The normalized spacial score (nSPS) is 15.9. The van der Waals surface area contributed by atoms with Crippen LogP contribution in [-0.4, -0.2) is 40.0 Å². The number of hydrogen-bond acceptors (Lipinski definition) is 3. The van der Waals surface area contributed by atoms with Crippen LogP contribution in [0.2, 0.25) is 0 Å². The van der Waals surface area contributed by atoms with Gasteiger partial charge in [-0.1, -0.05) is 18.2 Å². The van der Waals surface area contributed by atoms with E-state index >= 15 is 0 Å². The number of carbonyl (C=O) groups excluding carboxylic acids is 1. The Morgan fingerprint density at radius 3 is 2.50 bits per heavy atom. The number of carbonyl (C=O) groups is 1. The SMILES string of the molecule is O=C(c1ccc2c(-c3ccc4c(=O)[nH]ncc4c3)c(F)ccc2c1)N1CCC(F)(F)CC1. The molecule has 0 unspecified atom stereocenters. The van der Waals surface area contributed by atoms with Gasteiger partial charge in [0.15, 0.2) is 0 Å². The van der Waals surface area contributed by atoms with E-state index in [9.17, 15) is 22.8 Å². The zero-order valence-corrected chi connectivity index (χ0v) is 16.9. The first-order valence-electron chi connectivity index (χ1n) is 10.2. The van der Waals surface area contributed by atoms with E-state index in [0.29, 0.717) is 38.2 Å². The molecule has 0 saturated carbocycles. The molecule has 1 aliphatic heterocycles. The Hall–Kier alpha value is -3.68. The second kappa shape index (κ2) is 7.47. The first-order chi connectivity index (χ1) is 15.3. The van der Waals surface area contributed by atoms with Gasteiger partial charge in [-0.2, -0.15) is 5.10 Å². The number of halogens is 3. The molecule has 162 valence electrons. The van der Waals surface area contributed by atoms with Crippen LogP contribution in [0, 0.1) is 5.82 Å². The topological polar surface area (TPSA) is 66.1 Å². The maximum atomic E-state index is 14.9. The van der Waals surface area contributed by atoms with Crippen molar-refractivity contribution in [2.24, 2.45) is 0 Å². The van der Waals surface area contributed by atoms with Crippen LogP contribution in [0.3, 0.4) is 0 Å². The van der Waals surface area contributed by atoms with Crippen LogP contribution < -0.4 is 5.56 Å². The minimum atomic E-state index is -2.73. The Labute approximate surface area is 180 Å². The number of fused-ring (bicyclic) bond motifs is 2. The van der Waals surface area contributed by atoms with Gasteiger partial charge in [0.05, 0.1) is 11.6 Å². The maximum Gasteiger partial charge on any atom is 0.272 e. The molecule has 1 saturated heterocycles. The molecule has 1 N–H and O–H groups in total. The van der Waals surface area contributed by atoms with Crippen LogP contribution in [0.15, 0.2) is 59.5 Å². The van der Waals surface area contributed by atoms with Crippen molar-refractivity contribution in [3.05, 3.63) is 76.5 Å². The number of aromatic nitrogens is 2. The molecule has 4 aromatic rings. The molecule has 1 fully saturated rings. The minimum Gasteiger partial charge on any atom is -0.338 e. The number of benzene rings is 3. The van der Waals surface area contributed by atoms with Gasteiger partial charge in [0.1, 0.15) is 5.82 Å². The number of alkyl halides is 2. The van der Waals surface area contributed by atoms with Gasteiger partial charge in [0.2, 0.25) is 0 Å². The highest BCUT2D eigenvalue weighted by atomic mass is 19.3. The summed E-state index contributed by atoms with van der Waals surface area (Å²) in [6.45, 7) is 0.00554. The smallest absolute Gasteiger partial charge is 0.272 e. The van der Waals surface area contributed by atoms with Crippen LogP contribution >= 0.6 is 0 Å². The lowest BCUT2D eigenvalue weighted by Crippen LogP contribution is -2.42. The summed E-state index contributed by atoms with van der Waals surface area (Å²) in [5.41, 5.74) is 0.965. The van der Waals surface area contributed by atoms with E-state index in [1.54, 1.807) is 42.5 Å². The Morgan fingerprint density at radius 2 is 1.72 bits per heavy atom. The summed E-state index contributed by atoms with van der Waals surface area (Å²) in [4.78, 5) is 26.2. The van der Waals surface area contributed by atoms with Gasteiger partial charge < -0.3 is 4.90 Å². The van der Waals surface area contributed by atoms with Crippen LogP contribution in [0.5, 0.6) is 0 Å². The van der Waals surface area contributed by atoms with Crippen LogP contribution in [-0.2, 0) is 0 Å². The van der Waals surface area contributed by atoms with E-state index in [1.807, 2.05) is 0 Å². The van der Waals surface area contributed by atoms with Crippen LogP contribution in [0.1, 0.15) is 23.2 Å². The highest BCUT2D eigenvalue weighted by molar-refractivity contribution is 6.03. The summed E-state index contributed by atoms with van der Waals surface area (Å²) < 4.78 is 41.7. The van der Waals surface area contributed by atoms with Crippen molar-refractivity contribution in [2.45, 2.75) is 18.8 Å². The van der Waals surface area contributed by atoms with E-state index in [0.717, 1.165) is 0 Å². The molecule has 3 aromatic carbocycles. The number of nitrogens with zero attached hydrogens (tertiary/aromatic N) is 2. The molecule has 5 nitrogen and oxygen atoms in total. The molecule has 8 heteroatoms. The van der Waals surface area contributed by atoms with Gasteiger partial charge in [-0.3, -0.25) is 9.59 Å². The zero-order valence-electron chi connectivity index (χ0n) is 16.9. The average molecular weight is 437 g/mol.